The van der Waals surface area contributed by atoms with Crippen LogP contribution >= 0.6 is 11.6 Å². The molecule has 7 heteroatoms. The van der Waals surface area contributed by atoms with E-state index in [-0.39, 0.29) is 0 Å². The molecular formula is C19H23ClN2O3S. The minimum Gasteiger partial charge on any atom is -0.324 e. The number of rotatable bonds is 6. The highest BCUT2D eigenvalue weighted by Gasteiger charge is 2.29. The first-order valence-corrected chi connectivity index (χ1v) is 10.5. The maximum atomic E-state index is 12.8. The molecule has 0 aliphatic rings. The molecule has 0 spiro atoms. The largest absolute Gasteiger partial charge is 0.324 e. The van der Waals surface area contributed by atoms with Crippen molar-refractivity contribution >= 4 is 38.9 Å². The van der Waals surface area contributed by atoms with Crippen LogP contribution in [0, 0.1) is 6.92 Å². The Morgan fingerprint density at radius 1 is 1.19 bits per heavy atom. The summed E-state index contributed by atoms with van der Waals surface area (Å²) < 4.78 is 25.7. The lowest BCUT2D eigenvalue weighted by Gasteiger charge is -2.28. The third kappa shape index (κ3) is 4.56. The van der Waals surface area contributed by atoms with E-state index in [1.54, 1.807) is 31.2 Å². The zero-order chi connectivity index (χ0) is 19.5. The van der Waals surface area contributed by atoms with Gasteiger partial charge in [-0.1, -0.05) is 36.7 Å². The monoisotopic (exact) mass is 394 g/mol. The molecule has 0 saturated carbocycles. The van der Waals surface area contributed by atoms with Crippen LogP contribution in [-0.4, -0.2) is 26.6 Å². The van der Waals surface area contributed by atoms with Crippen LogP contribution in [0.15, 0.2) is 42.5 Å². The first-order valence-electron chi connectivity index (χ1n) is 8.29. The number of nitrogens with one attached hydrogen (secondary N) is 1. The Morgan fingerprint density at radius 2 is 1.81 bits per heavy atom. The molecule has 2 aromatic carbocycles. The summed E-state index contributed by atoms with van der Waals surface area (Å²) in [6.07, 6.45) is 1.84. The molecule has 0 aliphatic heterocycles. The molecule has 0 aromatic heterocycles. The molecule has 0 bridgehead atoms. The second-order valence-electron chi connectivity index (χ2n) is 6.16. The van der Waals surface area contributed by atoms with Crippen molar-refractivity contribution in [3.05, 3.63) is 58.6 Å². The van der Waals surface area contributed by atoms with Gasteiger partial charge in [-0.2, -0.15) is 0 Å². The van der Waals surface area contributed by atoms with Gasteiger partial charge in [-0.05, 0) is 55.7 Å². The van der Waals surface area contributed by atoms with Crippen LogP contribution in [-0.2, 0) is 21.2 Å². The van der Waals surface area contributed by atoms with Gasteiger partial charge in [0.25, 0.3) is 0 Å². The van der Waals surface area contributed by atoms with Gasteiger partial charge in [-0.3, -0.25) is 9.10 Å². The van der Waals surface area contributed by atoms with E-state index in [0.29, 0.717) is 10.7 Å². The van der Waals surface area contributed by atoms with Gasteiger partial charge in [0.05, 0.1) is 11.9 Å². The fourth-order valence-electron chi connectivity index (χ4n) is 2.83. The summed E-state index contributed by atoms with van der Waals surface area (Å²) in [5.41, 5.74) is 3.06. The van der Waals surface area contributed by atoms with Crippen molar-refractivity contribution in [3.63, 3.8) is 0 Å². The molecule has 5 nitrogen and oxygen atoms in total. The highest BCUT2D eigenvalue weighted by atomic mass is 35.5. The molecule has 0 fully saturated rings. The maximum absolute atomic E-state index is 12.8. The number of hydrogen-bond acceptors (Lipinski definition) is 3. The molecule has 2 aromatic rings. The molecule has 1 atom stereocenters. The molecule has 1 N–H and O–H groups in total. The molecule has 2 rings (SSSR count). The third-order valence-corrected chi connectivity index (χ3v) is 5.65. The topological polar surface area (TPSA) is 66.5 Å². The number of amides is 1. The predicted molar refractivity (Wildman–Crippen MR) is 107 cm³/mol. The van der Waals surface area contributed by atoms with Crippen LogP contribution in [0.2, 0.25) is 5.02 Å². The van der Waals surface area contributed by atoms with Gasteiger partial charge < -0.3 is 5.32 Å². The highest BCUT2D eigenvalue weighted by Crippen LogP contribution is 2.25. The number of halogens is 1. The Hall–Kier alpha value is -2.05. The molecule has 0 heterocycles. The van der Waals surface area contributed by atoms with Crippen LogP contribution in [0.4, 0.5) is 11.4 Å². The molecule has 0 aliphatic carbocycles. The summed E-state index contributed by atoms with van der Waals surface area (Å²) in [5, 5.41) is 3.38. The minimum absolute atomic E-state index is 0.389. The zero-order valence-electron chi connectivity index (χ0n) is 15.3. The van der Waals surface area contributed by atoms with Gasteiger partial charge in [0.15, 0.2) is 0 Å². The fourth-order valence-corrected chi connectivity index (χ4v) is 4.13. The zero-order valence-corrected chi connectivity index (χ0v) is 16.9. The Balaban J connectivity index is 2.36. The summed E-state index contributed by atoms with van der Waals surface area (Å²) in [6.45, 7) is 5.48. The number of hydrogen-bond donors (Lipinski definition) is 1. The molecule has 0 radical (unpaired) electrons. The van der Waals surface area contributed by atoms with Crippen molar-refractivity contribution in [3.8, 4) is 0 Å². The van der Waals surface area contributed by atoms with Gasteiger partial charge in [0.2, 0.25) is 15.9 Å². The number of carbonyl (C=O) groups is 1. The van der Waals surface area contributed by atoms with Gasteiger partial charge in [-0.25, -0.2) is 8.42 Å². The molecule has 0 saturated heterocycles. The van der Waals surface area contributed by atoms with Crippen LogP contribution < -0.4 is 9.62 Å². The Bertz CT molecular complexity index is 896. The Morgan fingerprint density at radius 3 is 2.35 bits per heavy atom. The van der Waals surface area contributed by atoms with Crippen molar-refractivity contribution in [1.29, 1.82) is 0 Å². The van der Waals surface area contributed by atoms with Gasteiger partial charge in [0.1, 0.15) is 6.04 Å². The average molecular weight is 395 g/mol. The van der Waals surface area contributed by atoms with E-state index in [9.17, 15) is 13.2 Å². The summed E-state index contributed by atoms with van der Waals surface area (Å²) >= 11 is 5.88. The summed E-state index contributed by atoms with van der Waals surface area (Å²) in [5.74, 6) is -0.394. The highest BCUT2D eigenvalue weighted by molar-refractivity contribution is 7.92. The molecule has 140 valence electrons. The van der Waals surface area contributed by atoms with Crippen molar-refractivity contribution in [2.75, 3.05) is 15.9 Å². The number of benzene rings is 2. The lowest BCUT2D eigenvalue weighted by Crippen LogP contribution is -2.45. The Labute approximate surface area is 160 Å². The first kappa shape index (κ1) is 20.3. The van der Waals surface area contributed by atoms with Gasteiger partial charge in [-0.15, -0.1) is 0 Å². The summed E-state index contributed by atoms with van der Waals surface area (Å²) in [7, 11) is -3.66. The predicted octanol–water partition coefficient (Wildman–Crippen LogP) is 4.00. The minimum atomic E-state index is -3.66. The molecular weight excluding hydrogens is 372 g/mol. The lowest BCUT2D eigenvalue weighted by atomic mass is 10.1. The van der Waals surface area contributed by atoms with Crippen molar-refractivity contribution < 1.29 is 13.2 Å². The Kier molecular flexibility index (Phi) is 6.31. The van der Waals surface area contributed by atoms with Crippen molar-refractivity contribution in [2.45, 2.75) is 33.2 Å². The van der Waals surface area contributed by atoms with E-state index in [4.69, 9.17) is 11.6 Å². The number of para-hydroxylation sites is 1. The van der Waals surface area contributed by atoms with E-state index in [2.05, 4.69) is 5.32 Å². The van der Waals surface area contributed by atoms with E-state index >= 15 is 0 Å². The lowest BCUT2D eigenvalue weighted by molar-refractivity contribution is -0.116. The van der Waals surface area contributed by atoms with E-state index in [1.165, 1.54) is 0 Å². The molecule has 0 unspecified atom stereocenters. The number of nitrogens with zero attached hydrogens (tertiary/aromatic N) is 1. The summed E-state index contributed by atoms with van der Waals surface area (Å²) in [6, 6.07) is 11.2. The molecule has 1 amide bonds. The molecule has 26 heavy (non-hydrogen) atoms. The van der Waals surface area contributed by atoms with Gasteiger partial charge >= 0.3 is 0 Å². The number of sulfonamides is 1. The van der Waals surface area contributed by atoms with Crippen LogP contribution in [0.3, 0.4) is 0 Å². The smallest absolute Gasteiger partial charge is 0.248 e. The van der Waals surface area contributed by atoms with Crippen LogP contribution in [0.5, 0.6) is 0 Å². The average Bonchev–Trinajstić information content (AvgIpc) is 2.57. The summed E-state index contributed by atoms with van der Waals surface area (Å²) in [4.78, 5) is 12.8. The number of carbonyl (C=O) groups excluding carboxylic acids is 1. The van der Waals surface area contributed by atoms with E-state index < -0.39 is 22.0 Å². The standard InChI is InChI=1S/C19H23ClN2O3S/c1-5-15-8-6-7-13(2)18(15)21-19(23)14(3)22(26(4,24)25)17-11-9-16(20)10-12-17/h6-12,14H,5H2,1-4H3,(H,21,23)/t14-/m0/s1. The second-order valence-corrected chi connectivity index (χ2v) is 8.46. The third-order valence-electron chi connectivity index (χ3n) is 4.16. The maximum Gasteiger partial charge on any atom is 0.248 e. The normalized spacial score (nSPS) is 12.5. The van der Waals surface area contributed by atoms with E-state index in [1.807, 2.05) is 32.0 Å². The quantitative estimate of drug-likeness (QED) is 0.805. The SMILES string of the molecule is CCc1cccc(C)c1NC(=O)[C@H](C)N(c1ccc(Cl)cc1)S(C)(=O)=O. The van der Waals surface area contributed by atoms with E-state index in [0.717, 1.165) is 33.8 Å². The van der Waals surface area contributed by atoms with Crippen LogP contribution in [0.1, 0.15) is 25.0 Å². The van der Waals surface area contributed by atoms with Crippen molar-refractivity contribution in [2.24, 2.45) is 0 Å². The fraction of sp³-hybridized carbons (Fsp3) is 0.316. The number of aryl methyl sites for hydroxylation is 2. The van der Waals surface area contributed by atoms with Crippen LogP contribution in [0.25, 0.3) is 0 Å². The van der Waals surface area contributed by atoms with Gasteiger partial charge in [0, 0.05) is 10.7 Å². The second kappa shape index (κ2) is 8.10. The first-order chi connectivity index (χ1) is 12.1. The van der Waals surface area contributed by atoms with Crippen molar-refractivity contribution in [1.82, 2.24) is 0 Å². The number of anilines is 2.